The number of anilines is 1. The van der Waals surface area contributed by atoms with Crippen molar-refractivity contribution in [3.8, 4) is 0 Å². The Morgan fingerprint density at radius 3 is 2.28 bits per heavy atom. The first kappa shape index (κ1) is 13.4. The summed E-state index contributed by atoms with van der Waals surface area (Å²) < 4.78 is 24.2. The number of piperidine rings is 1. The minimum Gasteiger partial charge on any atom is -0.399 e. The lowest BCUT2D eigenvalue weighted by atomic mass is 10.1. The van der Waals surface area contributed by atoms with Crippen molar-refractivity contribution in [3.63, 3.8) is 0 Å². The summed E-state index contributed by atoms with van der Waals surface area (Å²) in [6.07, 6.45) is 3.63. The number of benzene rings is 1. The molecule has 4 nitrogen and oxygen atoms in total. The molecule has 0 saturated carbocycles. The van der Waals surface area contributed by atoms with Crippen LogP contribution in [0.5, 0.6) is 0 Å². The number of nitrogen functional groups attached to an aromatic ring is 1. The SMILES string of the molecule is Nc1ccc(S(=O)(=O)CCN2CCCCC2)cc1. The summed E-state index contributed by atoms with van der Waals surface area (Å²) in [4.78, 5) is 2.60. The molecule has 0 aliphatic carbocycles. The quantitative estimate of drug-likeness (QED) is 0.841. The summed E-state index contributed by atoms with van der Waals surface area (Å²) in [5.41, 5.74) is 6.15. The molecule has 5 heteroatoms. The summed E-state index contributed by atoms with van der Waals surface area (Å²) in [6.45, 7) is 2.68. The third kappa shape index (κ3) is 3.46. The van der Waals surface area contributed by atoms with Gasteiger partial charge in [-0.1, -0.05) is 6.42 Å². The Bertz CT molecular complexity index is 476. The third-order valence-corrected chi connectivity index (χ3v) is 5.07. The second kappa shape index (κ2) is 5.71. The predicted molar refractivity (Wildman–Crippen MR) is 73.2 cm³/mol. The van der Waals surface area contributed by atoms with Crippen molar-refractivity contribution in [1.82, 2.24) is 4.90 Å². The second-order valence-corrected chi connectivity index (χ2v) is 6.90. The van der Waals surface area contributed by atoms with E-state index in [4.69, 9.17) is 5.73 Å². The van der Waals surface area contributed by atoms with Crippen molar-refractivity contribution in [2.45, 2.75) is 24.2 Å². The highest BCUT2D eigenvalue weighted by Crippen LogP contribution is 2.15. The van der Waals surface area contributed by atoms with Gasteiger partial charge in [0.2, 0.25) is 0 Å². The minimum atomic E-state index is -3.17. The van der Waals surface area contributed by atoms with Gasteiger partial charge in [0, 0.05) is 12.2 Å². The molecule has 100 valence electrons. The van der Waals surface area contributed by atoms with E-state index in [-0.39, 0.29) is 5.75 Å². The van der Waals surface area contributed by atoms with E-state index in [1.807, 2.05) is 0 Å². The van der Waals surface area contributed by atoms with Crippen molar-refractivity contribution in [2.24, 2.45) is 0 Å². The Hall–Kier alpha value is -1.07. The zero-order chi connectivity index (χ0) is 13.0. The zero-order valence-corrected chi connectivity index (χ0v) is 11.3. The Morgan fingerprint density at radius 1 is 1.06 bits per heavy atom. The fraction of sp³-hybridized carbons (Fsp3) is 0.538. The van der Waals surface area contributed by atoms with Crippen LogP contribution in [-0.2, 0) is 9.84 Å². The van der Waals surface area contributed by atoms with E-state index in [1.165, 1.54) is 19.3 Å². The monoisotopic (exact) mass is 268 g/mol. The van der Waals surface area contributed by atoms with Crippen molar-refractivity contribution in [2.75, 3.05) is 31.1 Å². The van der Waals surface area contributed by atoms with Crippen LogP contribution < -0.4 is 5.73 Å². The van der Waals surface area contributed by atoms with Crippen LogP contribution in [0.4, 0.5) is 5.69 Å². The molecule has 0 aromatic heterocycles. The molecule has 2 rings (SSSR count). The van der Waals surface area contributed by atoms with Crippen LogP contribution in [0.3, 0.4) is 0 Å². The Balaban J connectivity index is 1.96. The molecule has 1 aromatic carbocycles. The maximum absolute atomic E-state index is 12.1. The topological polar surface area (TPSA) is 63.4 Å². The maximum atomic E-state index is 12.1. The fourth-order valence-corrected chi connectivity index (χ4v) is 3.51. The molecular weight excluding hydrogens is 248 g/mol. The van der Waals surface area contributed by atoms with E-state index in [0.29, 0.717) is 17.1 Å². The summed E-state index contributed by atoms with van der Waals surface area (Å²) in [5, 5.41) is 0. The van der Waals surface area contributed by atoms with Gasteiger partial charge in [0.15, 0.2) is 9.84 Å². The molecule has 1 aromatic rings. The van der Waals surface area contributed by atoms with Crippen molar-refractivity contribution < 1.29 is 8.42 Å². The lowest BCUT2D eigenvalue weighted by molar-refractivity contribution is 0.241. The number of rotatable bonds is 4. The van der Waals surface area contributed by atoms with Gasteiger partial charge < -0.3 is 10.6 Å². The first-order valence-corrected chi connectivity index (χ1v) is 8.04. The lowest BCUT2D eigenvalue weighted by Crippen LogP contribution is -2.33. The van der Waals surface area contributed by atoms with Crippen molar-refractivity contribution >= 4 is 15.5 Å². The van der Waals surface area contributed by atoms with Crippen LogP contribution in [-0.4, -0.2) is 38.7 Å². The van der Waals surface area contributed by atoms with Crippen LogP contribution in [0, 0.1) is 0 Å². The molecule has 0 amide bonds. The molecule has 18 heavy (non-hydrogen) atoms. The summed E-state index contributed by atoms with van der Waals surface area (Å²) in [7, 11) is -3.17. The molecular formula is C13H20N2O2S. The number of likely N-dealkylation sites (tertiary alicyclic amines) is 1. The fourth-order valence-electron chi connectivity index (χ4n) is 2.23. The molecule has 1 aliphatic rings. The van der Waals surface area contributed by atoms with Crippen LogP contribution in [0.1, 0.15) is 19.3 Å². The van der Waals surface area contributed by atoms with Gasteiger partial charge in [0.1, 0.15) is 0 Å². The number of hydrogen-bond donors (Lipinski definition) is 1. The molecule has 0 atom stereocenters. The van der Waals surface area contributed by atoms with Gasteiger partial charge in [-0.05, 0) is 50.2 Å². The number of hydrogen-bond acceptors (Lipinski definition) is 4. The molecule has 0 spiro atoms. The third-order valence-electron chi connectivity index (χ3n) is 3.36. The van der Waals surface area contributed by atoms with Gasteiger partial charge in [-0.15, -0.1) is 0 Å². The Labute approximate surface area is 109 Å². The van der Waals surface area contributed by atoms with Gasteiger partial charge >= 0.3 is 0 Å². The summed E-state index contributed by atoms with van der Waals surface area (Å²) in [5.74, 6) is 0.191. The highest BCUT2D eigenvalue weighted by molar-refractivity contribution is 7.91. The minimum absolute atomic E-state index is 0.191. The maximum Gasteiger partial charge on any atom is 0.179 e. The first-order valence-electron chi connectivity index (χ1n) is 6.38. The Kier molecular flexibility index (Phi) is 4.24. The van der Waals surface area contributed by atoms with Crippen molar-refractivity contribution in [3.05, 3.63) is 24.3 Å². The van der Waals surface area contributed by atoms with Gasteiger partial charge in [-0.3, -0.25) is 0 Å². The average Bonchev–Trinajstić information content (AvgIpc) is 2.38. The molecule has 0 bridgehead atoms. The highest BCUT2D eigenvalue weighted by atomic mass is 32.2. The first-order chi connectivity index (χ1) is 8.58. The molecule has 1 heterocycles. The van der Waals surface area contributed by atoms with Crippen LogP contribution >= 0.6 is 0 Å². The summed E-state index contributed by atoms with van der Waals surface area (Å²) in [6, 6.07) is 6.43. The molecule has 1 saturated heterocycles. The lowest BCUT2D eigenvalue weighted by Gasteiger charge is -2.26. The molecule has 1 fully saturated rings. The normalized spacial score (nSPS) is 17.8. The van der Waals surface area contributed by atoms with Crippen LogP contribution in [0.15, 0.2) is 29.2 Å². The van der Waals surface area contributed by atoms with Gasteiger partial charge in [0.05, 0.1) is 10.6 Å². The standard InChI is InChI=1S/C13H20N2O2S/c14-12-4-6-13(7-5-12)18(16,17)11-10-15-8-2-1-3-9-15/h4-7H,1-3,8-11,14H2. The Morgan fingerprint density at radius 2 is 1.67 bits per heavy atom. The van der Waals surface area contributed by atoms with Crippen LogP contribution in [0.2, 0.25) is 0 Å². The van der Waals surface area contributed by atoms with Crippen LogP contribution in [0.25, 0.3) is 0 Å². The van der Waals surface area contributed by atoms with E-state index < -0.39 is 9.84 Å². The molecule has 1 aliphatic heterocycles. The zero-order valence-electron chi connectivity index (χ0n) is 10.5. The van der Waals surface area contributed by atoms with E-state index >= 15 is 0 Å². The van der Waals surface area contributed by atoms with E-state index in [2.05, 4.69) is 4.90 Å². The van der Waals surface area contributed by atoms with E-state index in [1.54, 1.807) is 24.3 Å². The van der Waals surface area contributed by atoms with E-state index in [9.17, 15) is 8.42 Å². The second-order valence-electron chi connectivity index (χ2n) is 4.79. The number of nitrogens with zero attached hydrogens (tertiary/aromatic N) is 1. The van der Waals surface area contributed by atoms with Gasteiger partial charge in [-0.2, -0.15) is 0 Å². The van der Waals surface area contributed by atoms with Crippen molar-refractivity contribution in [1.29, 1.82) is 0 Å². The van der Waals surface area contributed by atoms with E-state index in [0.717, 1.165) is 13.1 Å². The number of nitrogens with two attached hydrogens (primary N) is 1. The van der Waals surface area contributed by atoms with Gasteiger partial charge in [0.25, 0.3) is 0 Å². The average molecular weight is 268 g/mol. The smallest absolute Gasteiger partial charge is 0.179 e. The number of sulfone groups is 1. The molecule has 0 radical (unpaired) electrons. The highest BCUT2D eigenvalue weighted by Gasteiger charge is 2.17. The molecule has 0 unspecified atom stereocenters. The predicted octanol–water partition coefficient (Wildman–Crippen LogP) is 1.53. The molecule has 2 N–H and O–H groups in total. The van der Waals surface area contributed by atoms with Gasteiger partial charge in [-0.25, -0.2) is 8.42 Å². The largest absolute Gasteiger partial charge is 0.399 e. The summed E-state index contributed by atoms with van der Waals surface area (Å²) >= 11 is 0.